The average Bonchev–Trinajstić information content (AvgIpc) is 3.49. The number of aromatic nitrogens is 2. The molecule has 3 heterocycles. The average molecular weight is 599 g/mol. The van der Waals surface area contributed by atoms with Crippen molar-refractivity contribution in [3.8, 4) is 11.8 Å². The zero-order valence-corrected chi connectivity index (χ0v) is 25.5. The molecule has 1 saturated heterocycles. The monoisotopic (exact) mass is 598 g/mol. The zero-order chi connectivity index (χ0) is 31.0. The highest BCUT2D eigenvalue weighted by Crippen LogP contribution is 2.38. The molecule has 1 aliphatic heterocycles. The highest BCUT2D eigenvalue weighted by atomic mass is 28.4. The molecule has 3 atom stereocenters. The summed E-state index contributed by atoms with van der Waals surface area (Å²) >= 11 is 0. The Morgan fingerprint density at radius 3 is 2.34 bits per heavy atom. The summed E-state index contributed by atoms with van der Waals surface area (Å²) in [5.74, 6) is 4.18. The summed E-state index contributed by atoms with van der Waals surface area (Å²) in [7, 11) is -2.25. The highest BCUT2D eigenvalue weighted by Gasteiger charge is 2.44. The number of carbonyl (C=O) groups is 1. The normalized spacial score (nSPS) is 20.1. The summed E-state index contributed by atoms with van der Waals surface area (Å²) in [5, 5.41) is -0.125. The molecule has 1 aliphatic rings. The molecule has 2 aromatic rings. The number of alkyl halides is 3. The van der Waals surface area contributed by atoms with Crippen LogP contribution in [0.1, 0.15) is 70.3 Å². The number of hydrogen-bond donors (Lipinski definition) is 0. The fourth-order valence-corrected chi connectivity index (χ4v) is 4.83. The molecule has 2 aromatic heterocycles. The summed E-state index contributed by atoms with van der Waals surface area (Å²) in [6.45, 7) is 16.2. The van der Waals surface area contributed by atoms with E-state index in [9.17, 15) is 27.6 Å². The van der Waals surface area contributed by atoms with Crippen LogP contribution in [0.25, 0.3) is 0 Å². The van der Waals surface area contributed by atoms with Crippen molar-refractivity contribution in [2.24, 2.45) is 5.41 Å². The van der Waals surface area contributed by atoms with Crippen LogP contribution in [0.2, 0.25) is 18.1 Å². The minimum Gasteiger partial charge on any atom is -0.459 e. The van der Waals surface area contributed by atoms with Crippen LogP contribution in [0.5, 0.6) is 0 Å². The number of furan rings is 1. The first-order chi connectivity index (χ1) is 18.7. The van der Waals surface area contributed by atoms with Gasteiger partial charge in [-0.15, -0.1) is 0 Å². The van der Waals surface area contributed by atoms with Gasteiger partial charge in [-0.1, -0.05) is 32.6 Å². The van der Waals surface area contributed by atoms with E-state index in [0.717, 1.165) is 12.3 Å². The molecule has 0 aliphatic carbocycles. The number of nitrogens with zero attached hydrogens (tertiary/aromatic N) is 2. The predicted molar refractivity (Wildman–Crippen MR) is 147 cm³/mol. The van der Waals surface area contributed by atoms with Gasteiger partial charge in [-0.3, -0.25) is 14.2 Å². The van der Waals surface area contributed by atoms with Gasteiger partial charge in [0.05, 0.1) is 19.0 Å². The lowest BCUT2D eigenvalue weighted by Gasteiger charge is -2.37. The summed E-state index contributed by atoms with van der Waals surface area (Å²) in [6.07, 6.45) is -6.45. The zero-order valence-electron chi connectivity index (χ0n) is 24.5. The van der Waals surface area contributed by atoms with Crippen LogP contribution < -0.4 is 11.2 Å². The van der Waals surface area contributed by atoms with Crippen molar-refractivity contribution in [3.05, 3.63) is 56.8 Å². The van der Waals surface area contributed by atoms with Crippen molar-refractivity contribution in [2.75, 3.05) is 13.2 Å². The Labute approximate surface area is 237 Å². The molecule has 41 heavy (non-hydrogen) atoms. The third-order valence-electron chi connectivity index (χ3n) is 7.09. The molecule has 0 spiro atoms. The van der Waals surface area contributed by atoms with Gasteiger partial charge < -0.3 is 18.3 Å². The maximum Gasteiger partial charge on any atom is 0.423 e. The number of halogens is 3. The molecular weight excluding hydrogens is 561 g/mol. The Hall–Kier alpha value is -2.92. The molecule has 0 saturated carbocycles. The smallest absolute Gasteiger partial charge is 0.423 e. The van der Waals surface area contributed by atoms with Crippen molar-refractivity contribution in [3.63, 3.8) is 0 Å². The summed E-state index contributed by atoms with van der Waals surface area (Å²) in [6, 6.07) is 2.45. The molecule has 0 bridgehead atoms. The first-order valence-electron chi connectivity index (χ1n) is 13.2. The minimum absolute atomic E-state index is 0.0216. The Balaban J connectivity index is 2.02. The molecule has 0 N–H and O–H groups in total. The van der Waals surface area contributed by atoms with Crippen LogP contribution >= 0.6 is 0 Å². The number of hydrogen-bond acceptors (Lipinski definition) is 7. The fourth-order valence-electron chi connectivity index (χ4n) is 3.82. The molecule has 1 fully saturated rings. The Morgan fingerprint density at radius 1 is 1.15 bits per heavy atom. The first kappa shape index (κ1) is 32.6. The molecule has 13 heteroatoms. The van der Waals surface area contributed by atoms with E-state index in [-0.39, 0.29) is 34.7 Å². The largest absolute Gasteiger partial charge is 0.459 e. The predicted octanol–water partition coefficient (Wildman–Crippen LogP) is 5.05. The van der Waals surface area contributed by atoms with Crippen LogP contribution in [0.15, 0.2) is 38.6 Å². The number of ether oxygens (including phenoxy) is 2. The number of carbonyl (C=O) groups excluding carboxylic acids is 1. The van der Waals surface area contributed by atoms with Gasteiger partial charge in [-0.05, 0) is 51.0 Å². The molecule has 0 aromatic carbocycles. The molecule has 0 unspecified atom stereocenters. The molecular formula is C28H37F3N2O7Si. The fraction of sp³-hybridized carbons (Fsp3) is 0.607. The Bertz CT molecular complexity index is 1420. The van der Waals surface area contributed by atoms with E-state index in [0.29, 0.717) is 10.8 Å². The van der Waals surface area contributed by atoms with Gasteiger partial charge in [0, 0.05) is 18.0 Å². The lowest BCUT2D eigenvalue weighted by atomic mass is 9.98. The highest BCUT2D eigenvalue weighted by molar-refractivity contribution is 6.74. The SMILES string of the molecule is CC(C)(C)C#CCO[C@H]1C[C@H](n2cc(C(F)(F)F)c(=O)n(C(=O)c3ccco3)c2=O)O[C@@H]1CO[Si](C)(C)C(C)(C)C. The van der Waals surface area contributed by atoms with Crippen LogP contribution in [-0.2, 0) is 20.1 Å². The van der Waals surface area contributed by atoms with Crippen molar-refractivity contribution in [2.45, 2.75) is 90.7 Å². The van der Waals surface area contributed by atoms with Gasteiger partial charge in [-0.2, -0.15) is 17.7 Å². The van der Waals surface area contributed by atoms with Crippen molar-refractivity contribution >= 4 is 14.2 Å². The van der Waals surface area contributed by atoms with Gasteiger partial charge in [0.25, 0.3) is 5.56 Å². The maximum atomic E-state index is 13.9. The third-order valence-corrected chi connectivity index (χ3v) is 11.6. The van der Waals surface area contributed by atoms with E-state index >= 15 is 0 Å². The second-order valence-electron chi connectivity index (χ2n) is 12.5. The summed E-state index contributed by atoms with van der Waals surface area (Å²) in [5.41, 5.74) is -5.07. The summed E-state index contributed by atoms with van der Waals surface area (Å²) in [4.78, 5) is 38.9. The van der Waals surface area contributed by atoms with Gasteiger partial charge in [-0.25, -0.2) is 4.79 Å². The van der Waals surface area contributed by atoms with Crippen LogP contribution in [0, 0.1) is 17.3 Å². The summed E-state index contributed by atoms with van der Waals surface area (Å²) < 4.78 is 65.4. The standard InChI is InChI=1S/C28H37F3N2O7Si/c1-26(2,3)12-10-14-38-20-15-22(40-21(20)17-39-41(7,8)27(4,5)6)32-16-18(28(29,30)31)23(34)33(25(32)36)24(35)19-11-9-13-37-19/h9,11,13,16,20-22H,14-15,17H2,1-8H3/t20-,21+,22+/m0/s1. The van der Waals surface area contributed by atoms with E-state index in [4.69, 9.17) is 18.3 Å². The van der Waals surface area contributed by atoms with E-state index < -0.39 is 61.4 Å². The number of rotatable bonds is 7. The van der Waals surface area contributed by atoms with Crippen molar-refractivity contribution in [1.82, 2.24) is 9.13 Å². The second kappa shape index (κ2) is 11.8. The maximum absolute atomic E-state index is 13.9. The van der Waals surface area contributed by atoms with Gasteiger partial charge in [0.2, 0.25) is 0 Å². The lowest BCUT2D eigenvalue weighted by Crippen LogP contribution is -2.47. The van der Waals surface area contributed by atoms with Gasteiger partial charge in [0.1, 0.15) is 24.5 Å². The quantitative estimate of drug-likeness (QED) is 0.325. The van der Waals surface area contributed by atoms with E-state index in [1.165, 1.54) is 6.07 Å². The topological polar surface area (TPSA) is 102 Å². The Morgan fingerprint density at radius 2 is 1.80 bits per heavy atom. The molecule has 3 rings (SSSR count). The lowest BCUT2D eigenvalue weighted by molar-refractivity contribution is -0.139. The van der Waals surface area contributed by atoms with Gasteiger partial charge >= 0.3 is 17.8 Å². The van der Waals surface area contributed by atoms with E-state index in [1.807, 2.05) is 33.9 Å². The van der Waals surface area contributed by atoms with Crippen molar-refractivity contribution < 1.29 is 36.3 Å². The van der Waals surface area contributed by atoms with Gasteiger partial charge in [0.15, 0.2) is 14.1 Å². The minimum atomic E-state index is -5.15. The van der Waals surface area contributed by atoms with E-state index in [2.05, 4.69) is 32.6 Å². The van der Waals surface area contributed by atoms with E-state index in [1.54, 1.807) is 0 Å². The van der Waals surface area contributed by atoms with Crippen LogP contribution in [0.4, 0.5) is 13.2 Å². The molecule has 0 radical (unpaired) electrons. The second-order valence-corrected chi connectivity index (χ2v) is 17.3. The molecule has 226 valence electrons. The van der Waals surface area contributed by atoms with Crippen LogP contribution in [-0.4, -0.2) is 48.8 Å². The first-order valence-corrected chi connectivity index (χ1v) is 16.1. The van der Waals surface area contributed by atoms with Crippen molar-refractivity contribution in [1.29, 1.82) is 0 Å². The Kier molecular flexibility index (Phi) is 9.34. The molecule has 9 nitrogen and oxygen atoms in total. The van der Waals surface area contributed by atoms with Crippen LogP contribution in [0.3, 0.4) is 0 Å². The third kappa shape index (κ3) is 7.68. The molecule has 0 amide bonds.